The van der Waals surface area contributed by atoms with Crippen molar-refractivity contribution in [1.29, 1.82) is 0 Å². The van der Waals surface area contributed by atoms with Gasteiger partial charge in [0.25, 0.3) is 0 Å². The van der Waals surface area contributed by atoms with Gasteiger partial charge in [0.1, 0.15) is 11.2 Å². The predicted molar refractivity (Wildman–Crippen MR) is 84.9 cm³/mol. The molecule has 1 atom stereocenters. The molecule has 1 heterocycles. The smallest absolute Gasteiger partial charge is 0.238 e. The average Bonchev–Trinajstić information content (AvgIpc) is 2.90. The van der Waals surface area contributed by atoms with Crippen LogP contribution >= 0.6 is 11.8 Å². The van der Waals surface area contributed by atoms with Gasteiger partial charge < -0.3 is 0 Å². The third kappa shape index (κ3) is 2.81. The van der Waals surface area contributed by atoms with Crippen molar-refractivity contribution in [3.8, 4) is 0 Å². The Morgan fingerprint density at radius 1 is 1.14 bits per heavy atom. The number of halogens is 1. The van der Waals surface area contributed by atoms with E-state index in [1.54, 1.807) is 28.8 Å². The Kier molecular flexibility index (Phi) is 3.97. The van der Waals surface area contributed by atoms with E-state index in [-0.39, 0.29) is 17.1 Å². The van der Waals surface area contributed by atoms with E-state index < -0.39 is 0 Å². The molecule has 4 heteroatoms. The van der Waals surface area contributed by atoms with Crippen LogP contribution in [0, 0.1) is 5.82 Å². The second-order valence-corrected chi connectivity index (χ2v) is 6.07. The largest absolute Gasteiger partial charge is 0.295 e. The fourth-order valence-corrected chi connectivity index (χ4v) is 3.65. The summed E-state index contributed by atoms with van der Waals surface area (Å²) in [5, 5.41) is -0.0335. The summed E-state index contributed by atoms with van der Waals surface area (Å²) >= 11 is 1.61. The summed E-state index contributed by atoms with van der Waals surface area (Å²) in [6.45, 7) is 2.12. The Labute approximate surface area is 128 Å². The quantitative estimate of drug-likeness (QED) is 0.848. The Bertz CT molecular complexity index is 639. The number of amides is 1. The van der Waals surface area contributed by atoms with Crippen molar-refractivity contribution < 1.29 is 9.18 Å². The summed E-state index contributed by atoms with van der Waals surface area (Å²) in [5.74, 6) is 0.232. The van der Waals surface area contributed by atoms with E-state index >= 15 is 0 Å². The number of thioether (sulfide) groups is 1. The maximum absolute atomic E-state index is 13.1. The van der Waals surface area contributed by atoms with E-state index in [1.165, 1.54) is 17.7 Å². The van der Waals surface area contributed by atoms with Crippen molar-refractivity contribution in [3.05, 3.63) is 65.5 Å². The van der Waals surface area contributed by atoms with Gasteiger partial charge in [0, 0.05) is 5.69 Å². The Balaban J connectivity index is 1.93. The van der Waals surface area contributed by atoms with Gasteiger partial charge in [0.15, 0.2) is 0 Å². The molecule has 0 saturated carbocycles. The van der Waals surface area contributed by atoms with Crippen LogP contribution in [0.5, 0.6) is 0 Å². The van der Waals surface area contributed by atoms with Gasteiger partial charge in [-0.2, -0.15) is 0 Å². The summed E-state index contributed by atoms with van der Waals surface area (Å²) in [6.07, 6.45) is 0.999. The molecular weight excluding hydrogens is 285 g/mol. The van der Waals surface area contributed by atoms with E-state index in [4.69, 9.17) is 0 Å². The molecule has 0 spiro atoms. The molecule has 2 aromatic rings. The molecule has 0 unspecified atom stereocenters. The third-order valence-electron chi connectivity index (χ3n) is 3.65. The first-order valence-electron chi connectivity index (χ1n) is 6.97. The van der Waals surface area contributed by atoms with Gasteiger partial charge in [-0.15, -0.1) is 11.8 Å². The molecule has 0 radical (unpaired) electrons. The Morgan fingerprint density at radius 3 is 2.43 bits per heavy atom. The number of benzene rings is 2. The van der Waals surface area contributed by atoms with Gasteiger partial charge in [0.05, 0.1) is 5.75 Å². The molecule has 0 N–H and O–H groups in total. The maximum Gasteiger partial charge on any atom is 0.238 e. The van der Waals surface area contributed by atoms with Crippen LogP contribution in [0.3, 0.4) is 0 Å². The summed E-state index contributed by atoms with van der Waals surface area (Å²) in [5.41, 5.74) is 3.13. The first-order chi connectivity index (χ1) is 10.2. The molecule has 1 amide bonds. The molecule has 1 fully saturated rings. The van der Waals surface area contributed by atoms with Crippen molar-refractivity contribution in [2.24, 2.45) is 0 Å². The van der Waals surface area contributed by atoms with Crippen LogP contribution in [-0.2, 0) is 11.2 Å². The maximum atomic E-state index is 13.1. The summed E-state index contributed by atoms with van der Waals surface area (Å²) in [7, 11) is 0. The number of aryl methyl sites for hydroxylation is 1. The number of nitrogens with zero attached hydrogens (tertiary/aromatic N) is 1. The highest BCUT2D eigenvalue weighted by molar-refractivity contribution is 8.00. The van der Waals surface area contributed by atoms with E-state index in [2.05, 4.69) is 31.2 Å². The molecule has 2 nitrogen and oxygen atoms in total. The van der Waals surface area contributed by atoms with E-state index in [1.807, 2.05) is 0 Å². The standard InChI is InChI=1S/C17H16FNOS/c1-2-12-3-5-13(6-4-12)17-19(16(20)11-21-17)15-9-7-14(18)8-10-15/h3-10,17H,2,11H2,1H3/t17-/m0/s1. The highest BCUT2D eigenvalue weighted by Gasteiger charge is 2.33. The van der Waals surface area contributed by atoms with E-state index in [0.29, 0.717) is 5.75 Å². The van der Waals surface area contributed by atoms with Gasteiger partial charge in [-0.3, -0.25) is 9.69 Å². The lowest BCUT2D eigenvalue weighted by atomic mass is 10.1. The number of carbonyl (C=O) groups is 1. The number of hydrogen-bond donors (Lipinski definition) is 0. The molecule has 0 bridgehead atoms. The van der Waals surface area contributed by atoms with Crippen LogP contribution in [0.2, 0.25) is 0 Å². The van der Waals surface area contributed by atoms with Crippen LogP contribution in [0.15, 0.2) is 48.5 Å². The van der Waals surface area contributed by atoms with Crippen LogP contribution in [-0.4, -0.2) is 11.7 Å². The highest BCUT2D eigenvalue weighted by atomic mass is 32.2. The lowest BCUT2D eigenvalue weighted by molar-refractivity contribution is -0.115. The summed E-state index contributed by atoms with van der Waals surface area (Å²) in [6, 6.07) is 14.4. The van der Waals surface area contributed by atoms with Crippen molar-refractivity contribution in [2.75, 3.05) is 10.7 Å². The van der Waals surface area contributed by atoms with Crippen molar-refractivity contribution in [2.45, 2.75) is 18.7 Å². The van der Waals surface area contributed by atoms with Crippen LogP contribution < -0.4 is 4.90 Å². The van der Waals surface area contributed by atoms with Crippen LogP contribution in [0.25, 0.3) is 0 Å². The average molecular weight is 301 g/mol. The lowest BCUT2D eigenvalue weighted by Gasteiger charge is -2.24. The number of hydrogen-bond acceptors (Lipinski definition) is 2. The fraction of sp³-hybridized carbons (Fsp3) is 0.235. The Morgan fingerprint density at radius 2 is 1.81 bits per heavy atom. The molecule has 21 heavy (non-hydrogen) atoms. The SMILES string of the molecule is CCc1ccc([C@@H]2SCC(=O)N2c2ccc(F)cc2)cc1. The molecule has 2 aromatic carbocycles. The zero-order chi connectivity index (χ0) is 14.8. The second-order valence-electron chi connectivity index (χ2n) is 5.00. The number of carbonyl (C=O) groups excluding carboxylic acids is 1. The minimum absolute atomic E-state index is 0.0335. The zero-order valence-electron chi connectivity index (χ0n) is 11.8. The number of rotatable bonds is 3. The lowest BCUT2D eigenvalue weighted by Crippen LogP contribution is -2.27. The fourth-order valence-electron chi connectivity index (χ4n) is 2.47. The topological polar surface area (TPSA) is 20.3 Å². The Hall–Kier alpha value is -1.81. The van der Waals surface area contributed by atoms with Gasteiger partial charge in [0.2, 0.25) is 5.91 Å². The van der Waals surface area contributed by atoms with Gasteiger partial charge >= 0.3 is 0 Å². The van der Waals surface area contributed by atoms with E-state index in [9.17, 15) is 9.18 Å². The third-order valence-corrected chi connectivity index (χ3v) is 4.86. The predicted octanol–water partition coefficient (Wildman–Crippen LogP) is 4.17. The molecule has 0 aliphatic carbocycles. The van der Waals surface area contributed by atoms with Crippen molar-refractivity contribution in [3.63, 3.8) is 0 Å². The minimum Gasteiger partial charge on any atom is -0.295 e. The highest BCUT2D eigenvalue weighted by Crippen LogP contribution is 2.41. The minimum atomic E-state index is -0.290. The van der Waals surface area contributed by atoms with Crippen molar-refractivity contribution >= 4 is 23.4 Å². The molecular formula is C17H16FNOS. The molecule has 1 aliphatic heterocycles. The van der Waals surface area contributed by atoms with Gasteiger partial charge in [-0.05, 0) is 41.8 Å². The molecule has 108 valence electrons. The van der Waals surface area contributed by atoms with Crippen LogP contribution in [0.4, 0.5) is 10.1 Å². The zero-order valence-corrected chi connectivity index (χ0v) is 12.6. The monoisotopic (exact) mass is 301 g/mol. The van der Waals surface area contributed by atoms with Gasteiger partial charge in [-0.25, -0.2) is 4.39 Å². The van der Waals surface area contributed by atoms with Gasteiger partial charge in [-0.1, -0.05) is 31.2 Å². The summed E-state index contributed by atoms with van der Waals surface area (Å²) < 4.78 is 13.1. The van der Waals surface area contributed by atoms with E-state index in [0.717, 1.165) is 17.7 Å². The number of anilines is 1. The molecule has 1 saturated heterocycles. The first kappa shape index (κ1) is 14.1. The summed E-state index contributed by atoms with van der Waals surface area (Å²) in [4.78, 5) is 13.9. The molecule has 0 aromatic heterocycles. The van der Waals surface area contributed by atoms with Crippen molar-refractivity contribution in [1.82, 2.24) is 0 Å². The first-order valence-corrected chi connectivity index (χ1v) is 8.02. The molecule has 1 aliphatic rings. The second kappa shape index (κ2) is 5.90. The molecule has 3 rings (SSSR count). The van der Waals surface area contributed by atoms with Crippen LogP contribution in [0.1, 0.15) is 23.4 Å². The normalized spacial score (nSPS) is 18.3.